The third-order valence-electron chi connectivity index (χ3n) is 2.48. The number of aryl methyl sites for hydroxylation is 1. The zero-order valence-corrected chi connectivity index (χ0v) is 8.49. The van der Waals surface area contributed by atoms with Crippen molar-refractivity contribution in [2.45, 2.75) is 25.8 Å². The lowest BCUT2D eigenvalue weighted by Gasteiger charge is -2.08. The van der Waals surface area contributed by atoms with Gasteiger partial charge in [0, 0.05) is 0 Å². The first-order chi connectivity index (χ1) is 7.20. The summed E-state index contributed by atoms with van der Waals surface area (Å²) in [4.78, 5) is 11.6. The summed E-state index contributed by atoms with van der Waals surface area (Å²) in [5.41, 5.74) is 0. The predicted octanol–water partition coefficient (Wildman–Crippen LogP) is 1.62. The van der Waals surface area contributed by atoms with Gasteiger partial charge in [-0.2, -0.15) is 5.26 Å². The van der Waals surface area contributed by atoms with Gasteiger partial charge in [-0.3, -0.25) is 4.79 Å². The smallest absolute Gasteiger partial charge is 0.288 e. The fraction of sp³-hybridized carbons (Fsp3) is 0.455. The van der Waals surface area contributed by atoms with Crippen molar-refractivity contribution in [2.24, 2.45) is 5.92 Å². The molecule has 1 aromatic rings. The number of hydrogen-bond donors (Lipinski definition) is 1. The summed E-state index contributed by atoms with van der Waals surface area (Å²) in [6.07, 6.45) is 2.05. The van der Waals surface area contributed by atoms with Gasteiger partial charge in [0.2, 0.25) is 0 Å². The van der Waals surface area contributed by atoms with E-state index >= 15 is 0 Å². The van der Waals surface area contributed by atoms with Gasteiger partial charge in [0.25, 0.3) is 5.91 Å². The molecule has 0 aromatic carbocycles. The first-order valence-electron chi connectivity index (χ1n) is 4.97. The van der Waals surface area contributed by atoms with E-state index < -0.39 is 0 Å². The van der Waals surface area contributed by atoms with Gasteiger partial charge in [0.1, 0.15) is 11.8 Å². The highest BCUT2D eigenvalue weighted by Crippen LogP contribution is 2.32. The molecule has 0 radical (unpaired) electrons. The topological polar surface area (TPSA) is 66.0 Å². The number of carbonyl (C=O) groups is 1. The van der Waals surface area contributed by atoms with Gasteiger partial charge < -0.3 is 9.73 Å². The molecule has 1 saturated carbocycles. The molecule has 4 heteroatoms. The number of carbonyl (C=O) groups excluding carboxylic acids is 1. The van der Waals surface area contributed by atoms with Crippen LogP contribution >= 0.6 is 0 Å². The van der Waals surface area contributed by atoms with E-state index in [9.17, 15) is 4.79 Å². The van der Waals surface area contributed by atoms with E-state index in [-0.39, 0.29) is 17.7 Å². The second-order valence-electron chi connectivity index (χ2n) is 3.83. The van der Waals surface area contributed by atoms with Crippen molar-refractivity contribution in [2.75, 3.05) is 0 Å². The first-order valence-corrected chi connectivity index (χ1v) is 4.97. The van der Waals surface area contributed by atoms with Crippen molar-refractivity contribution in [3.05, 3.63) is 23.7 Å². The molecule has 0 spiro atoms. The minimum Gasteiger partial charge on any atom is -0.456 e. The van der Waals surface area contributed by atoms with Gasteiger partial charge in [-0.15, -0.1) is 0 Å². The number of furan rings is 1. The zero-order chi connectivity index (χ0) is 10.8. The molecule has 1 N–H and O–H groups in total. The van der Waals surface area contributed by atoms with E-state index in [0.717, 1.165) is 12.8 Å². The number of amides is 1. The average molecular weight is 204 g/mol. The van der Waals surface area contributed by atoms with Gasteiger partial charge in [-0.1, -0.05) is 0 Å². The number of nitrogens with one attached hydrogen (secondary N) is 1. The number of nitriles is 1. The Balaban J connectivity index is 2.00. The van der Waals surface area contributed by atoms with Crippen LogP contribution in [0.25, 0.3) is 0 Å². The number of rotatable bonds is 3. The molecule has 1 atom stereocenters. The molecule has 0 aliphatic heterocycles. The maximum atomic E-state index is 11.6. The van der Waals surface area contributed by atoms with Gasteiger partial charge in [-0.05, 0) is 37.8 Å². The van der Waals surface area contributed by atoms with Crippen molar-refractivity contribution in [3.63, 3.8) is 0 Å². The van der Waals surface area contributed by atoms with Crippen LogP contribution in [0.3, 0.4) is 0 Å². The minimum atomic E-state index is -0.372. The van der Waals surface area contributed by atoms with E-state index in [4.69, 9.17) is 9.68 Å². The summed E-state index contributed by atoms with van der Waals surface area (Å²) in [6, 6.07) is 5.07. The van der Waals surface area contributed by atoms with Gasteiger partial charge >= 0.3 is 0 Å². The highest BCUT2D eigenvalue weighted by molar-refractivity contribution is 5.91. The lowest BCUT2D eigenvalue weighted by Crippen LogP contribution is -2.35. The van der Waals surface area contributed by atoms with Crippen LogP contribution in [0.15, 0.2) is 16.5 Å². The van der Waals surface area contributed by atoms with Crippen LogP contribution in [0.2, 0.25) is 0 Å². The average Bonchev–Trinajstić information content (AvgIpc) is 2.97. The van der Waals surface area contributed by atoms with E-state index in [1.807, 2.05) is 0 Å². The fourth-order valence-electron chi connectivity index (χ4n) is 1.45. The van der Waals surface area contributed by atoms with Gasteiger partial charge in [0.05, 0.1) is 6.07 Å². The lowest BCUT2D eigenvalue weighted by molar-refractivity contribution is 0.0912. The largest absolute Gasteiger partial charge is 0.456 e. The van der Waals surface area contributed by atoms with Gasteiger partial charge in [-0.25, -0.2) is 0 Å². The van der Waals surface area contributed by atoms with E-state index in [2.05, 4.69) is 11.4 Å². The highest BCUT2D eigenvalue weighted by atomic mass is 16.3. The molecular weight excluding hydrogens is 192 g/mol. The SMILES string of the molecule is Cc1ccc(C(=O)NC(C#N)C2CC2)o1. The summed E-state index contributed by atoms with van der Waals surface area (Å²) >= 11 is 0. The molecule has 1 heterocycles. The summed E-state index contributed by atoms with van der Waals surface area (Å²) in [5, 5.41) is 11.5. The Kier molecular flexibility index (Phi) is 2.46. The summed E-state index contributed by atoms with van der Waals surface area (Å²) in [6.45, 7) is 1.78. The summed E-state index contributed by atoms with van der Waals surface area (Å²) < 4.78 is 5.17. The van der Waals surface area contributed by atoms with Gasteiger partial charge in [0.15, 0.2) is 5.76 Å². The Labute approximate surface area is 87.9 Å². The molecule has 1 fully saturated rings. The van der Waals surface area contributed by atoms with E-state index in [1.165, 1.54) is 0 Å². The van der Waals surface area contributed by atoms with Crippen LogP contribution in [0.1, 0.15) is 29.2 Å². The standard InChI is InChI=1S/C11H12N2O2/c1-7-2-5-10(15-7)11(14)13-9(6-12)8-3-4-8/h2,5,8-9H,3-4H2,1H3,(H,13,14). The van der Waals surface area contributed by atoms with Crippen molar-refractivity contribution in [3.8, 4) is 6.07 Å². The van der Waals surface area contributed by atoms with Crippen LogP contribution in [-0.4, -0.2) is 11.9 Å². The Morgan fingerprint density at radius 1 is 1.67 bits per heavy atom. The molecule has 0 bridgehead atoms. The molecule has 15 heavy (non-hydrogen) atoms. The second kappa shape index (κ2) is 3.77. The maximum Gasteiger partial charge on any atom is 0.288 e. The molecule has 1 unspecified atom stereocenters. The maximum absolute atomic E-state index is 11.6. The van der Waals surface area contributed by atoms with E-state index in [1.54, 1.807) is 19.1 Å². The minimum absolute atomic E-state index is 0.272. The van der Waals surface area contributed by atoms with Crippen LogP contribution in [0.5, 0.6) is 0 Å². The third-order valence-corrected chi connectivity index (χ3v) is 2.48. The Morgan fingerprint density at radius 2 is 2.40 bits per heavy atom. The normalized spacial score (nSPS) is 16.8. The first kappa shape index (κ1) is 9.78. The molecule has 1 aliphatic carbocycles. The predicted molar refractivity (Wildman–Crippen MR) is 53.0 cm³/mol. The van der Waals surface area contributed by atoms with Crippen molar-refractivity contribution < 1.29 is 9.21 Å². The summed E-state index contributed by atoms with van der Waals surface area (Å²) in [5.74, 6) is 0.991. The molecule has 78 valence electrons. The second-order valence-corrected chi connectivity index (χ2v) is 3.83. The Morgan fingerprint density at radius 3 is 2.87 bits per heavy atom. The zero-order valence-electron chi connectivity index (χ0n) is 8.49. The highest BCUT2D eigenvalue weighted by Gasteiger charge is 2.32. The number of nitrogens with zero attached hydrogens (tertiary/aromatic N) is 1. The van der Waals surface area contributed by atoms with Crippen LogP contribution < -0.4 is 5.32 Å². The van der Waals surface area contributed by atoms with Crippen LogP contribution in [0, 0.1) is 24.2 Å². The molecule has 1 aromatic heterocycles. The third kappa shape index (κ3) is 2.18. The molecule has 1 aliphatic rings. The fourth-order valence-corrected chi connectivity index (χ4v) is 1.45. The van der Waals surface area contributed by atoms with Crippen LogP contribution in [0.4, 0.5) is 0 Å². The van der Waals surface area contributed by atoms with Crippen molar-refractivity contribution in [1.82, 2.24) is 5.32 Å². The molecular formula is C11H12N2O2. The van der Waals surface area contributed by atoms with E-state index in [0.29, 0.717) is 11.7 Å². The Bertz CT molecular complexity index is 412. The Hall–Kier alpha value is -1.76. The molecule has 2 rings (SSSR count). The van der Waals surface area contributed by atoms with Crippen molar-refractivity contribution in [1.29, 1.82) is 5.26 Å². The molecule has 0 saturated heterocycles. The molecule has 1 amide bonds. The quantitative estimate of drug-likeness (QED) is 0.813. The monoisotopic (exact) mass is 204 g/mol. The lowest BCUT2D eigenvalue weighted by atomic mass is 10.2. The number of hydrogen-bond acceptors (Lipinski definition) is 3. The molecule has 4 nitrogen and oxygen atoms in total. The summed E-state index contributed by atoms with van der Waals surface area (Å²) in [7, 11) is 0. The van der Waals surface area contributed by atoms with Crippen LogP contribution in [-0.2, 0) is 0 Å². The van der Waals surface area contributed by atoms with Crippen molar-refractivity contribution >= 4 is 5.91 Å².